The molecule has 2 heterocycles. The van der Waals surface area contributed by atoms with Crippen molar-refractivity contribution < 1.29 is 4.74 Å². The van der Waals surface area contributed by atoms with Crippen molar-refractivity contribution in [2.75, 3.05) is 46.4 Å². The van der Waals surface area contributed by atoms with Gasteiger partial charge in [0, 0.05) is 20.2 Å². The number of halogens is 1. The molecule has 17 heavy (non-hydrogen) atoms. The Hall–Kier alpha value is 0.170. The first kappa shape index (κ1) is 15.2. The van der Waals surface area contributed by atoms with Crippen LogP contribution in [0.2, 0.25) is 0 Å². The Morgan fingerprint density at radius 3 is 2.65 bits per heavy atom. The maximum atomic E-state index is 5.28. The minimum absolute atomic E-state index is 0. The molecule has 0 aromatic heterocycles. The molecule has 0 bridgehead atoms. The zero-order chi connectivity index (χ0) is 11.2. The molecule has 0 saturated carbocycles. The highest BCUT2D eigenvalue weighted by molar-refractivity contribution is 5.85. The predicted octanol–water partition coefficient (Wildman–Crippen LogP) is 1.77. The van der Waals surface area contributed by atoms with E-state index in [1.807, 2.05) is 7.11 Å². The third kappa shape index (κ3) is 5.12. The van der Waals surface area contributed by atoms with E-state index in [0.29, 0.717) is 0 Å². The second kappa shape index (κ2) is 8.30. The molecule has 2 aliphatic heterocycles. The lowest BCUT2D eigenvalue weighted by Crippen LogP contribution is -2.42. The SMILES string of the molecule is COCC1CCCN(CC2CCNCC2)C1.Cl. The van der Waals surface area contributed by atoms with Crippen molar-refractivity contribution in [2.45, 2.75) is 25.7 Å². The number of hydrogen-bond acceptors (Lipinski definition) is 3. The van der Waals surface area contributed by atoms with Gasteiger partial charge in [-0.3, -0.25) is 0 Å². The van der Waals surface area contributed by atoms with Gasteiger partial charge in [0.25, 0.3) is 0 Å². The lowest BCUT2D eigenvalue weighted by Gasteiger charge is -2.35. The summed E-state index contributed by atoms with van der Waals surface area (Å²) in [5.41, 5.74) is 0. The van der Waals surface area contributed by atoms with Crippen molar-refractivity contribution in [3.63, 3.8) is 0 Å². The fourth-order valence-electron chi connectivity index (χ4n) is 3.12. The van der Waals surface area contributed by atoms with Crippen LogP contribution in [0.3, 0.4) is 0 Å². The summed E-state index contributed by atoms with van der Waals surface area (Å²) >= 11 is 0. The van der Waals surface area contributed by atoms with E-state index in [-0.39, 0.29) is 12.4 Å². The van der Waals surface area contributed by atoms with Crippen LogP contribution in [0.4, 0.5) is 0 Å². The average Bonchev–Trinajstić information content (AvgIpc) is 2.31. The summed E-state index contributed by atoms with van der Waals surface area (Å²) < 4.78 is 5.28. The van der Waals surface area contributed by atoms with Gasteiger partial charge in [0.05, 0.1) is 6.61 Å². The number of piperidine rings is 2. The molecule has 3 nitrogen and oxygen atoms in total. The average molecular weight is 263 g/mol. The third-order valence-electron chi connectivity index (χ3n) is 3.98. The van der Waals surface area contributed by atoms with Crippen LogP contribution in [0.5, 0.6) is 0 Å². The maximum Gasteiger partial charge on any atom is 0.0502 e. The highest BCUT2D eigenvalue weighted by atomic mass is 35.5. The van der Waals surface area contributed by atoms with Crippen LogP contribution in [0.25, 0.3) is 0 Å². The van der Waals surface area contributed by atoms with Crippen LogP contribution in [0.15, 0.2) is 0 Å². The van der Waals surface area contributed by atoms with Gasteiger partial charge in [0.2, 0.25) is 0 Å². The van der Waals surface area contributed by atoms with Crippen molar-refractivity contribution in [2.24, 2.45) is 11.8 Å². The van der Waals surface area contributed by atoms with Crippen molar-refractivity contribution in [1.29, 1.82) is 0 Å². The minimum atomic E-state index is 0. The van der Waals surface area contributed by atoms with Gasteiger partial charge in [-0.1, -0.05) is 0 Å². The predicted molar refractivity (Wildman–Crippen MR) is 73.9 cm³/mol. The molecule has 1 unspecified atom stereocenters. The highest BCUT2D eigenvalue weighted by Gasteiger charge is 2.23. The van der Waals surface area contributed by atoms with E-state index in [0.717, 1.165) is 18.4 Å². The summed E-state index contributed by atoms with van der Waals surface area (Å²) in [5.74, 6) is 1.71. The molecule has 102 valence electrons. The summed E-state index contributed by atoms with van der Waals surface area (Å²) in [6, 6.07) is 0. The normalized spacial score (nSPS) is 27.7. The van der Waals surface area contributed by atoms with Crippen LogP contribution in [-0.2, 0) is 4.74 Å². The summed E-state index contributed by atoms with van der Waals surface area (Å²) in [6.07, 6.45) is 5.45. The summed E-state index contributed by atoms with van der Waals surface area (Å²) in [4.78, 5) is 2.67. The molecular formula is C13H27ClN2O. The maximum absolute atomic E-state index is 5.28. The van der Waals surface area contributed by atoms with Crippen molar-refractivity contribution >= 4 is 12.4 Å². The van der Waals surface area contributed by atoms with E-state index >= 15 is 0 Å². The zero-order valence-electron chi connectivity index (χ0n) is 11.0. The fourth-order valence-corrected chi connectivity index (χ4v) is 3.12. The van der Waals surface area contributed by atoms with E-state index in [9.17, 15) is 0 Å². The van der Waals surface area contributed by atoms with Gasteiger partial charge in [-0.2, -0.15) is 0 Å². The molecule has 2 fully saturated rings. The number of rotatable bonds is 4. The Morgan fingerprint density at radius 1 is 1.18 bits per heavy atom. The number of ether oxygens (including phenoxy) is 1. The van der Waals surface area contributed by atoms with Crippen molar-refractivity contribution in [3.05, 3.63) is 0 Å². The number of likely N-dealkylation sites (tertiary alicyclic amines) is 1. The molecule has 0 aromatic carbocycles. The zero-order valence-corrected chi connectivity index (χ0v) is 11.8. The first-order valence-electron chi connectivity index (χ1n) is 6.80. The van der Waals surface area contributed by atoms with Crippen LogP contribution < -0.4 is 5.32 Å². The van der Waals surface area contributed by atoms with Gasteiger partial charge >= 0.3 is 0 Å². The second-order valence-corrected chi connectivity index (χ2v) is 5.42. The molecule has 0 amide bonds. The van der Waals surface area contributed by atoms with Crippen molar-refractivity contribution in [3.8, 4) is 0 Å². The number of nitrogens with zero attached hydrogens (tertiary/aromatic N) is 1. The molecule has 2 rings (SSSR count). The molecule has 4 heteroatoms. The molecule has 1 N–H and O–H groups in total. The first-order valence-corrected chi connectivity index (χ1v) is 6.80. The highest BCUT2D eigenvalue weighted by Crippen LogP contribution is 2.20. The summed E-state index contributed by atoms with van der Waals surface area (Å²) in [6.45, 7) is 7.28. The molecule has 1 atom stereocenters. The Morgan fingerprint density at radius 2 is 1.94 bits per heavy atom. The van der Waals surface area contributed by atoms with E-state index < -0.39 is 0 Å². The molecule has 2 aliphatic rings. The quantitative estimate of drug-likeness (QED) is 0.836. The lowest BCUT2D eigenvalue weighted by molar-refractivity contribution is 0.0794. The molecule has 0 spiro atoms. The Balaban J connectivity index is 0.00000144. The number of nitrogens with one attached hydrogen (secondary N) is 1. The summed E-state index contributed by atoms with van der Waals surface area (Å²) in [7, 11) is 1.83. The third-order valence-corrected chi connectivity index (χ3v) is 3.98. The second-order valence-electron chi connectivity index (χ2n) is 5.42. The molecule has 0 aliphatic carbocycles. The monoisotopic (exact) mass is 262 g/mol. The topological polar surface area (TPSA) is 24.5 Å². The van der Waals surface area contributed by atoms with Gasteiger partial charge in [-0.05, 0) is 57.2 Å². The van der Waals surface area contributed by atoms with Crippen LogP contribution in [0, 0.1) is 11.8 Å². The van der Waals surface area contributed by atoms with Gasteiger partial charge in [-0.25, -0.2) is 0 Å². The van der Waals surface area contributed by atoms with E-state index in [2.05, 4.69) is 10.2 Å². The first-order chi connectivity index (χ1) is 7.88. The van der Waals surface area contributed by atoms with Gasteiger partial charge in [-0.15, -0.1) is 12.4 Å². The summed E-state index contributed by atoms with van der Waals surface area (Å²) in [5, 5.41) is 3.44. The molecular weight excluding hydrogens is 236 g/mol. The Labute approximate surface area is 112 Å². The Bertz CT molecular complexity index is 196. The minimum Gasteiger partial charge on any atom is -0.384 e. The number of hydrogen-bond donors (Lipinski definition) is 1. The van der Waals surface area contributed by atoms with E-state index in [1.54, 1.807) is 0 Å². The van der Waals surface area contributed by atoms with Gasteiger partial charge in [0.1, 0.15) is 0 Å². The largest absolute Gasteiger partial charge is 0.384 e. The van der Waals surface area contributed by atoms with Crippen LogP contribution in [-0.4, -0.2) is 51.3 Å². The standard InChI is InChI=1S/C13H26N2O.ClH/c1-16-11-13-3-2-8-15(10-13)9-12-4-6-14-7-5-12;/h12-14H,2-11H2,1H3;1H. The fraction of sp³-hybridized carbons (Fsp3) is 1.00. The lowest BCUT2D eigenvalue weighted by atomic mass is 9.94. The van der Waals surface area contributed by atoms with E-state index in [4.69, 9.17) is 4.74 Å². The van der Waals surface area contributed by atoms with Crippen LogP contribution >= 0.6 is 12.4 Å². The smallest absolute Gasteiger partial charge is 0.0502 e. The number of methoxy groups -OCH3 is 1. The van der Waals surface area contributed by atoms with E-state index in [1.165, 1.54) is 58.4 Å². The molecule has 0 radical (unpaired) electrons. The van der Waals surface area contributed by atoms with Gasteiger partial charge < -0.3 is 15.0 Å². The Kier molecular flexibility index (Phi) is 7.44. The van der Waals surface area contributed by atoms with Gasteiger partial charge in [0.15, 0.2) is 0 Å². The van der Waals surface area contributed by atoms with Crippen LogP contribution in [0.1, 0.15) is 25.7 Å². The van der Waals surface area contributed by atoms with Crippen molar-refractivity contribution in [1.82, 2.24) is 10.2 Å². The molecule has 2 saturated heterocycles. The molecule has 0 aromatic rings.